The van der Waals surface area contributed by atoms with Gasteiger partial charge in [0, 0.05) is 25.8 Å². The van der Waals surface area contributed by atoms with Crippen molar-refractivity contribution in [1.29, 1.82) is 0 Å². The highest BCUT2D eigenvalue weighted by Gasteiger charge is 2.17. The van der Waals surface area contributed by atoms with Crippen LogP contribution >= 0.6 is 0 Å². The lowest BCUT2D eigenvalue weighted by Crippen LogP contribution is -3.00. The van der Waals surface area contributed by atoms with Crippen LogP contribution in [-0.4, -0.2) is 62.8 Å². The van der Waals surface area contributed by atoms with Gasteiger partial charge in [0.05, 0.1) is 38.8 Å². The summed E-state index contributed by atoms with van der Waals surface area (Å²) < 4.78 is 0.922. The molecule has 0 unspecified atom stereocenters. The van der Waals surface area contributed by atoms with Crippen molar-refractivity contribution < 1.29 is 38.4 Å². The number of phenolic OH excluding ortho intramolecular Hbond substituents is 1. The average molecular weight is 421 g/mol. The summed E-state index contributed by atoms with van der Waals surface area (Å²) in [4.78, 5) is 14.0. The summed E-state index contributed by atoms with van der Waals surface area (Å²) >= 11 is 0. The van der Waals surface area contributed by atoms with Gasteiger partial charge in [0.2, 0.25) is 0 Å². The number of halogens is 1. The highest BCUT2D eigenvalue weighted by atomic mass is 127. The van der Waals surface area contributed by atoms with Crippen molar-refractivity contribution in [1.82, 2.24) is 5.32 Å². The summed E-state index contributed by atoms with van der Waals surface area (Å²) in [6, 6.07) is 5.09. The van der Waals surface area contributed by atoms with Crippen molar-refractivity contribution in [2.24, 2.45) is 0 Å². The third-order valence-electron chi connectivity index (χ3n) is 4.21. The molecule has 126 valence electrons. The maximum absolute atomic E-state index is 12.1. The maximum Gasteiger partial charge on any atom is 0.255 e. The monoisotopic (exact) mass is 421 g/mol. The van der Waals surface area contributed by atoms with Crippen molar-refractivity contribution in [2.75, 3.05) is 52.2 Å². The Morgan fingerprint density at radius 3 is 2.32 bits per heavy atom. The molecule has 0 bridgehead atoms. The Kier molecular flexibility index (Phi) is 8.77. The standard InChI is InChI=1S/C16H27N3O2.HI/c1-6-19(5,7-2)11-10-17-16(21)14-9-8-13(18(3)4)12-15(14)20;/h8-9,12H,6-7,10-11H2,1-5H3,(H-,17,20,21);1H. The lowest BCUT2D eigenvalue weighted by Gasteiger charge is -2.32. The molecular weight excluding hydrogens is 393 g/mol. The molecule has 5 nitrogen and oxygen atoms in total. The Morgan fingerprint density at radius 1 is 1.27 bits per heavy atom. The number of anilines is 1. The molecule has 0 radical (unpaired) electrons. The van der Waals surface area contributed by atoms with Crippen LogP contribution in [0.2, 0.25) is 0 Å². The fraction of sp³-hybridized carbons (Fsp3) is 0.562. The van der Waals surface area contributed by atoms with Crippen LogP contribution in [0.15, 0.2) is 18.2 Å². The van der Waals surface area contributed by atoms with Gasteiger partial charge in [0.15, 0.2) is 0 Å². The molecule has 0 saturated heterocycles. The van der Waals surface area contributed by atoms with Crippen LogP contribution in [0.1, 0.15) is 24.2 Å². The van der Waals surface area contributed by atoms with E-state index >= 15 is 0 Å². The summed E-state index contributed by atoms with van der Waals surface area (Å²) in [7, 11) is 5.96. The first-order valence-electron chi connectivity index (χ1n) is 7.45. The van der Waals surface area contributed by atoms with Crippen LogP contribution in [0.4, 0.5) is 5.69 Å². The van der Waals surface area contributed by atoms with Gasteiger partial charge in [0.25, 0.3) is 5.91 Å². The van der Waals surface area contributed by atoms with Crippen LogP contribution in [0.5, 0.6) is 5.75 Å². The van der Waals surface area contributed by atoms with Crippen molar-refractivity contribution in [3.8, 4) is 5.75 Å². The Morgan fingerprint density at radius 2 is 1.86 bits per heavy atom. The molecule has 0 aliphatic rings. The second-order valence-electron chi connectivity index (χ2n) is 5.83. The van der Waals surface area contributed by atoms with Gasteiger partial charge in [-0.05, 0) is 26.0 Å². The summed E-state index contributed by atoms with van der Waals surface area (Å²) in [5.74, 6) is -0.210. The van der Waals surface area contributed by atoms with Crippen molar-refractivity contribution in [3.63, 3.8) is 0 Å². The highest BCUT2D eigenvalue weighted by molar-refractivity contribution is 5.97. The topological polar surface area (TPSA) is 52.6 Å². The number of benzene rings is 1. The normalized spacial score (nSPS) is 10.8. The van der Waals surface area contributed by atoms with Crippen molar-refractivity contribution in [2.45, 2.75) is 13.8 Å². The number of nitrogens with zero attached hydrogens (tertiary/aromatic N) is 2. The van der Waals surface area contributed by atoms with Crippen molar-refractivity contribution in [3.05, 3.63) is 23.8 Å². The molecule has 0 heterocycles. The van der Waals surface area contributed by atoms with Gasteiger partial charge in [-0.3, -0.25) is 4.79 Å². The number of nitrogens with one attached hydrogen (secondary N) is 1. The summed E-state index contributed by atoms with van der Waals surface area (Å²) in [5, 5.41) is 12.9. The zero-order valence-electron chi connectivity index (χ0n) is 14.2. The van der Waals surface area contributed by atoms with Gasteiger partial charge in [-0.2, -0.15) is 0 Å². The van der Waals surface area contributed by atoms with E-state index in [1.807, 2.05) is 25.1 Å². The molecule has 1 aromatic rings. The minimum absolute atomic E-state index is 0. The Labute approximate surface area is 150 Å². The van der Waals surface area contributed by atoms with Crippen LogP contribution in [-0.2, 0) is 0 Å². The quantitative estimate of drug-likeness (QED) is 0.424. The number of likely N-dealkylation sites (N-methyl/N-ethyl adjacent to an activating group) is 1. The van der Waals surface area contributed by atoms with E-state index in [1.54, 1.807) is 12.1 Å². The first-order valence-corrected chi connectivity index (χ1v) is 7.45. The lowest BCUT2D eigenvalue weighted by molar-refractivity contribution is -0.904. The van der Waals surface area contributed by atoms with Gasteiger partial charge in [-0.25, -0.2) is 0 Å². The average Bonchev–Trinajstić information content (AvgIpc) is 2.46. The van der Waals surface area contributed by atoms with E-state index < -0.39 is 0 Å². The Bertz CT molecular complexity index is 488. The summed E-state index contributed by atoms with van der Waals surface area (Å²) in [5.41, 5.74) is 1.19. The Hall–Kier alpha value is -1.02. The molecule has 22 heavy (non-hydrogen) atoms. The second kappa shape index (κ2) is 9.19. The van der Waals surface area contributed by atoms with E-state index in [9.17, 15) is 9.90 Å². The number of amides is 1. The summed E-state index contributed by atoms with van der Waals surface area (Å²) in [6.07, 6.45) is 0. The van der Waals surface area contributed by atoms with Gasteiger partial charge >= 0.3 is 0 Å². The van der Waals surface area contributed by atoms with E-state index in [1.165, 1.54) is 0 Å². The highest BCUT2D eigenvalue weighted by Crippen LogP contribution is 2.23. The minimum Gasteiger partial charge on any atom is -1.00 e. The fourth-order valence-corrected chi connectivity index (χ4v) is 2.06. The van der Waals surface area contributed by atoms with Gasteiger partial charge in [0.1, 0.15) is 5.75 Å². The number of phenols is 1. The first kappa shape index (κ1) is 21.0. The van der Waals surface area contributed by atoms with E-state index in [4.69, 9.17) is 0 Å². The molecule has 2 N–H and O–H groups in total. The van der Waals surface area contributed by atoms with Gasteiger partial charge in [-0.1, -0.05) is 0 Å². The number of hydrogen-bond acceptors (Lipinski definition) is 3. The molecule has 0 atom stereocenters. The van der Waals surface area contributed by atoms with Gasteiger partial charge < -0.3 is 43.8 Å². The smallest absolute Gasteiger partial charge is 0.255 e. The van der Waals surface area contributed by atoms with Crippen LogP contribution in [0.3, 0.4) is 0 Å². The van der Waals surface area contributed by atoms with Crippen LogP contribution in [0.25, 0.3) is 0 Å². The third-order valence-corrected chi connectivity index (χ3v) is 4.21. The number of quaternary nitrogens is 1. The SMILES string of the molecule is CC[N+](C)(CC)CCNC(=O)c1ccc(N(C)C)cc1O.[I-]. The van der Waals surface area contributed by atoms with Gasteiger partial charge in [-0.15, -0.1) is 0 Å². The minimum atomic E-state index is -0.225. The number of rotatable bonds is 7. The Balaban J connectivity index is 0.00000441. The predicted octanol–water partition coefficient (Wildman–Crippen LogP) is -1.32. The first-order chi connectivity index (χ1) is 9.83. The summed E-state index contributed by atoms with van der Waals surface area (Å²) in [6.45, 7) is 7.86. The number of carbonyl (C=O) groups is 1. The van der Waals surface area contributed by atoms with Crippen molar-refractivity contribution >= 4 is 11.6 Å². The molecule has 0 saturated carbocycles. The number of hydrogen-bond donors (Lipinski definition) is 2. The molecule has 1 rings (SSSR count). The van der Waals surface area contributed by atoms with E-state index in [0.29, 0.717) is 12.1 Å². The molecule has 6 heteroatoms. The van der Waals surface area contributed by atoms with E-state index in [2.05, 4.69) is 26.2 Å². The second-order valence-corrected chi connectivity index (χ2v) is 5.83. The molecule has 1 amide bonds. The van der Waals surface area contributed by atoms with E-state index in [-0.39, 0.29) is 35.6 Å². The molecule has 0 aliphatic carbocycles. The number of carbonyl (C=O) groups excluding carboxylic acids is 1. The molecule has 0 spiro atoms. The predicted molar refractivity (Wildman–Crippen MR) is 86.9 cm³/mol. The maximum atomic E-state index is 12.1. The molecule has 0 fully saturated rings. The van der Waals surface area contributed by atoms with Crippen LogP contribution < -0.4 is 34.2 Å². The number of aromatic hydroxyl groups is 1. The van der Waals surface area contributed by atoms with Crippen LogP contribution in [0, 0.1) is 0 Å². The third kappa shape index (κ3) is 5.64. The largest absolute Gasteiger partial charge is 1.00 e. The van der Waals surface area contributed by atoms with E-state index in [0.717, 1.165) is 29.8 Å². The zero-order chi connectivity index (χ0) is 16.0. The molecule has 1 aromatic carbocycles. The lowest BCUT2D eigenvalue weighted by atomic mass is 10.1. The fourth-order valence-electron chi connectivity index (χ4n) is 2.06. The zero-order valence-corrected chi connectivity index (χ0v) is 16.3. The molecule has 0 aliphatic heterocycles. The molecular formula is C16H28IN3O2. The molecule has 0 aromatic heterocycles.